The van der Waals surface area contributed by atoms with Crippen LogP contribution in [0.1, 0.15) is 32.6 Å². The van der Waals surface area contributed by atoms with Crippen LogP contribution in [0.3, 0.4) is 0 Å². The number of esters is 1. The Morgan fingerprint density at radius 3 is 2.83 bits per heavy atom. The molecule has 0 amide bonds. The second kappa shape index (κ2) is 4.45. The van der Waals surface area contributed by atoms with Crippen LogP contribution in [0.15, 0.2) is 0 Å². The molecule has 2 atom stereocenters. The number of hydrogen-bond donors (Lipinski definition) is 0. The molecule has 0 spiro atoms. The predicted molar refractivity (Wildman–Crippen MR) is 44.8 cm³/mol. The number of carbonyl (C=O) groups is 1. The molecule has 0 bridgehead atoms. The van der Waals surface area contributed by atoms with E-state index in [1.54, 1.807) is 0 Å². The summed E-state index contributed by atoms with van der Waals surface area (Å²) in [7, 11) is 1.40. The molecule has 1 heterocycles. The van der Waals surface area contributed by atoms with Crippen molar-refractivity contribution in [3.05, 3.63) is 0 Å². The van der Waals surface area contributed by atoms with Gasteiger partial charge in [-0.2, -0.15) is 0 Å². The molecule has 3 nitrogen and oxygen atoms in total. The average Bonchev–Trinajstić information content (AvgIpc) is 2.83. The Hall–Kier alpha value is -0.570. The van der Waals surface area contributed by atoms with Crippen molar-refractivity contribution >= 4 is 5.97 Å². The summed E-state index contributed by atoms with van der Waals surface area (Å²) in [5, 5.41) is 0. The molecule has 1 aliphatic heterocycles. The molecule has 0 aromatic heterocycles. The molecule has 1 saturated heterocycles. The lowest BCUT2D eigenvalue weighted by atomic mass is 10.1. The van der Waals surface area contributed by atoms with Gasteiger partial charge in [-0.05, 0) is 6.42 Å². The Kier molecular flexibility index (Phi) is 3.53. The van der Waals surface area contributed by atoms with Crippen LogP contribution in [0.4, 0.5) is 0 Å². The fraction of sp³-hybridized carbons (Fsp3) is 0.889. The van der Waals surface area contributed by atoms with Gasteiger partial charge in [0.15, 0.2) is 6.10 Å². The first-order chi connectivity index (χ1) is 5.79. The van der Waals surface area contributed by atoms with E-state index in [9.17, 15) is 4.79 Å². The monoisotopic (exact) mass is 172 g/mol. The van der Waals surface area contributed by atoms with Gasteiger partial charge in [0.2, 0.25) is 0 Å². The van der Waals surface area contributed by atoms with E-state index in [4.69, 9.17) is 4.74 Å². The highest BCUT2D eigenvalue weighted by Gasteiger charge is 2.45. The third-order valence-electron chi connectivity index (χ3n) is 2.11. The molecule has 1 fully saturated rings. The first kappa shape index (κ1) is 9.52. The number of hydrogen-bond acceptors (Lipinski definition) is 3. The molecule has 0 saturated carbocycles. The van der Waals surface area contributed by atoms with Crippen molar-refractivity contribution < 1.29 is 14.3 Å². The molecule has 0 aromatic rings. The summed E-state index contributed by atoms with van der Waals surface area (Å²) >= 11 is 0. The summed E-state index contributed by atoms with van der Waals surface area (Å²) in [4.78, 5) is 10.9. The maximum atomic E-state index is 10.9. The summed E-state index contributed by atoms with van der Waals surface area (Å²) < 4.78 is 9.69. The summed E-state index contributed by atoms with van der Waals surface area (Å²) in [6.45, 7) is 2.16. The SMILES string of the molecule is CCCCC[C@H]1O[C@@H]1C(=O)OC. The Labute approximate surface area is 73.0 Å². The van der Waals surface area contributed by atoms with Gasteiger partial charge in [-0.25, -0.2) is 4.79 Å². The lowest BCUT2D eigenvalue weighted by Gasteiger charge is -1.94. The zero-order valence-corrected chi connectivity index (χ0v) is 7.71. The minimum absolute atomic E-state index is 0.143. The van der Waals surface area contributed by atoms with E-state index in [0.717, 1.165) is 12.8 Å². The standard InChI is InChI=1S/C9H16O3/c1-3-4-5-6-7-8(12-7)9(10)11-2/h7-8H,3-6H2,1-2H3/t7-,8+/m1/s1. The van der Waals surface area contributed by atoms with Crippen LogP contribution >= 0.6 is 0 Å². The predicted octanol–water partition coefficient (Wildman–Crippen LogP) is 1.51. The van der Waals surface area contributed by atoms with Gasteiger partial charge in [0.25, 0.3) is 0 Å². The minimum Gasteiger partial charge on any atom is -0.467 e. The van der Waals surface area contributed by atoms with Crippen LogP contribution in [0.25, 0.3) is 0 Å². The zero-order chi connectivity index (χ0) is 8.97. The van der Waals surface area contributed by atoms with Crippen molar-refractivity contribution in [2.75, 3.05) is 7.11 Å². The van der Waals surface area contributed by atoms with Crippen molar-refractivity contribution in [3.63, 3.8) is 0 Å². The molecular weight excluding hydrogens is 156 g/mol. The molecule has 0 aliphatic carbocycles. The van der Waals surface area contributed by atoms with Crippen LogP contribution in [-0.4, -0.2) is 25.3 Å². The van der Waals surface area contributed by atoms with Crippen molar-refractivity contribution in [1.29, 1.82) is 0 Å². The molecule has 1 rings (SSSR count). The molecule has 0 N–H and O–H groups in total. The highest BCUT2D eigenvalue weighted by Crippen LogP contribution is 2.28. The van der Waals surface area contributed by atoms with Crippen LogP contribution < -0.4 is 0 Å². The third kappa shape index (κ3) is 2.48. The maximum Gasteiger partial charge on any atom is 0.337 e. The lowest BCUT2D eigenvalue weighted by molar-refractivity contribution is -0.142. The van der Waals surface area contributed by atoms with Crippen molar-refractivity contribution in [2.45, 2.75) is 44.8 Å². The second-order valence-electron chi connectivity index (χ2n) is 3.11. The summed E-state index contributed by atoms with van der Waals surface area (Å²) in [5.41, 5.74) is 0. The van der Waals surface area contributed by atoms with E-state index in [1.807, 2.05) is 0 Å². The van der Waals surface area contributed by atoms with E-state index >= 15 is 0 Å². The van der Waals surface area contributed by atoms with E-state index in [1.165, 1.54) is 20.0 Å². The molecule has 0 radical (unpaired) electrons. The quantitative estimate of drug-likeness (QED) is 0.358. The molecule has 70 valence electrons. The summed E-state index contributed by atoms with van der Waals surface area (Å²) in [6.07, 6.45) is 4.45. The first-order valence-electron chi connectivity index (χ1n) is 4.53. The van der Waals surface area contributed by atoms with Crippen molar-refractivity contribution in [3.8, 4) is 0 Å². The Morgan fingerprint density at radius 2 is 2.25 bits per heavy atom. The number of carbonyl (C=O) groups excluding carboxylic acids is 1. The normalized spacial score (nSPS) is 26.8. The Bertz CT molecular complexity index is 156. The summed E-state index contributed by atoms with van der Waals surface area (Å²) in [6, 6.07) is 0. The average molecular weight is 172 g/mol. The summed E-state index contributed by atoms with van der Waals surface area (Å²) in [5.74, 6) is -0.225. The van der Waals surface area contributed by atoms with Crippen molar-refractivity contribution in [2.24, 2.45) is 0 Å². The topological polar surface area (TPSA) is 38.8 Å². The Morgan fingerprint density at radius 1 is 1.50 bits per heavy atom. The molecule has 0 aromatic carbocycles. The number of rotatable bonds is 5. The van der Waals surface area contributed by atoms with Gasteiger partial charge < -0.3 is 9.47 Å². The number of methoxy groups -OCH3 is 1. The van der Waals surface area contributed by atoms with Gasteiger partial charge in [-0.3, -0.25) is 0 Å². The zero-order valence-electron chi connectivity index (χ0n) is 7.71. The fourth-order valence-corrected chi connectivity index (χ4v) is 1.28. The molecular formula is C9H16O3. The lowest BCUT2D eigenvalue weighted by Crippen LogP contribution is -2.11. The van der Waals surface area contributed by atoms with Gasteiger partial charge in [0.05, 0.1) is 13.2 Å². The van der Waals surface area contributed by atoms with Crippen LogP contribution in [0.5, 0.6) is 0 Å². The van der Waals surface area contributed by atoms with E-state index in [-0.39, 0.29) is 18.2 Å². The Balaban J connectivity index is 2.04. The van der Waals surface area contributed by atoms with Crippen LogP contribution in [0, 0.1) is 0 Å². The van der Waals surface area contributed by atoms with Gasteiger partial charge >= 0.3 is 5.97 Å². The minimum atomic E-state index is -0.258. The van der Waals surface area contributed by atoms with Crippen LogP contribution in [0.2, 0.25) is 0 Å². The fourth-order valence-electron chi connectivity index (χ4n) is 1.28. The van der Waals surface area contributed by atoms with Gasteiger partial charge in [0.1, 0.15) is 0 Å². The highest BCUT2D eigenvalue weighted by atomic mass is 16.6. The maximum absolute atomic E-state index is 10.9. The second-order valence-corrected chi connectivity index (χ2v) is 3.11. The molecule has 3 heteroatoms. The van der Waals surface area contributed by atoms with Crippen molar-refractivity contribution in [1.82, 2.24) is 0 Å². The van der Waals surface area contributed by atoms with E-state index in [2.05, 4.69) is 11.7 Å². The smallest absolute Gasteiger partial charge is 0.337 e. The van der Waals surface area contributed by atoms with E-state index in [0.29, 0.717) is 0 Å². The van der Waals surface area contributed by atoms with Gasteiger partial charge in [0, 0.05) is 0 Å². The van der Waals surface area contributed by atoms with Crippen LogP contribution in [-0.2, 0) is 14.3 Å². The first-order valence-corrected chi connectivity index (χ1v) is 4.53. The molecule has 1 aliphatic rings. The van der Waals surface area contributed by atoms with E-state index < -0.39 is 0 Å². The number of ether oxygens (including phenoxy) is 2. The number of epoxide rings is 1. The number of unbranched alkanes of at least 4 members (excludes halogenated alkanes) is 2. The largest absolute Gasteiger partial charge is 0.467 e. The van der Waals surface area contributed by atoms with Gasteiger partial charge in [-0.1, -0.05) is 26.2 Å². The van der Waals surface area contributed by atoms with Gasteiger partial charge in [-0.15, -0.1) is 0 Å². The molecule has 0 unspecified atom stereocenters. The third-order valence-corrected chi connectivity index (χ3v) is 2.11. The highest BCUT2D eigenvalue weighted by molar-refractivity contribution is 5.77. The molecule has 12 heavy (non-hydrogen) atoms.